The van der Waals surface area contributed by atoms with E-state index in [0.29, 0.717) is 6.54 Å². The van der Waals surface area contributed by atoms with Crippen LogP contribution in [0, 0.1) is 13.8 Å². The van der Waals surface area contributed by atoms with E-state index in [9.17, 15) is 14.4 Å². The average molecular weight is 369 g/mol. The molecule has 142 valence electrons. The lowest BCUT2D eigenvalue weighted by molar-refractivity contribution is -0.139. The summed E-state index contributed by atoms with van der Waals surface area (Å²) in [7, 11) is 1.63. The van der Waals surface area contributed by atoms with Crippen molar-refractivity contribution < 1.29 is 14.4 Å². The number of imide groups is 1. The number of guanidine groups is 1. The number of urea groups is 1. The lowest BCUT2D eigenvalue weighted by Gasteiger charge is -2.40. The minimum atomic E-state index is -0.572. The molecule has 0 aliphatic carbocycles. The van der Waals surface area contributed by atoms with Crippen LogP contribution >= 0.6 is 0 Å². The summed E-state index contributed by atoms with van der Waals surface area (Å²) in [6.07, 6.45) is -0.559. The molecule has 2 saturated heterocycles. The summed E-state index contributed by atoms with van der Waals surface area (Å²) in [5.74, 6) is 0.150. The van der Waals surface area contributed by atoms with Crippen LogP contribution < -0.4 is 4.90 Å². The van der Waals surface area contributed by atoms with Crippen LogP contribution in [0.3, 0.4) is 0 Å². The van der Waals surface area contributed by atoms with E-state index in [1.165, 1.54) is 11.8 Å². The smallest absolute Gasteiger partial charge is 0.325 e. The Balaban J connectivity index is 1.69. The van der Waals surface area contributed by atoms with Gasteiger partial charge in [-0.05, 0) is 38.0 Å². The van der Waals surface area contributed by atoms with Crippen molar-refractivity contribution in [1.82, 2.24) is 14.7 Å². The maximum absolute atomic E-state index is 13.0. The van der Waals surface area contributed by atoms with Crippen LogP contribution in [-0.4, -0.2) is 77.3 Å². The molecular weight excluding hydrogens is 346 g/mol. The number of amides is 3. The Labute approximate surface area is 158 Å². The van der Waals surface area contributed by atoms with Gasteiger partial charge in [0, 0.05) is 25.8 Å². The number of Topliss-reactive ketones (excluding diaryl/α,β-unsaturated/α-hetero) is 1. The van der Waals surface area contributed by atoms with Gasteiger partial charge in [-0.2, -0.15) is 0 Å². The van der Waals surface area contributed by atoms with Crippen LogP contribution in [-0.2, 0) is 9.59 Å². The Kier molecular flexibility index (Phi) is 3.94. The van der Waals surface area contributed by atoms with Gasteiger partial charge < -0.3 is 14.7 Å². The van der Waals surface area contributed by atoms with Gasteiger partial charge in [0.25, 0.3) is 5.91 Å². The van der Waals surface area contributed by atoms with Crippen LogP contribution in [0.2, 0.25) is 0 Å². The number of hydrogen-bond acceptors (Lipinski definition) is 6. The molecule has 1 aromatic rings. The van der Waals surface area contributed by atoms with Gasteiger partial charge >= 0.3 is 6.03 Å². The third-order valence-electron chi connectivity index (χ3n) is 5.41. The predicted molar refractivity (Wildman–Crippen MR) is 101 cm³/mol. The highest BCUT2D eigenvalue weighted by Gasteiger charge is 2.54. The normalized spacial score (nSPS) is 24.4. The van der Waals surface area contributed by atoms with Gasteiger partial charge in [0.1, 0.15) is 5.78 Å². The molecule has 2 fully saturated rings. The molecule has 0 aromatic heterocycles. The van der Waals surface area contributed by atoms with Crippen molar-refractivity contribution in [2.45, 2.75) is 33.0 Å². The van der Waals surface area contributed by atoms with Gasteiger partial charge in [-0.3, -0.25) is 14.5 Å². The summed E-state index contributed by atoms with van der Waals surface area (Å²) in [5.41, 5.74) is 3.35. The molecule has 1 aromatic carbocycles. The fraction of sp³-hybridized carbons (Fsp3) is 0.474. The summed E-state index contributed by atoms with van der Waals surface area (Å²) in [6.45, 7) is 6.65. The summed E-state index contributed by atoms with van der Waals surface area (Å²) in [5, 5.41) is 0. The topological polar surface area (TPSA) is 76.5 Å². The second kappa shape index (κ2) is 6.07. The van der Waals surface area contributed by atoms with E-state index in [0.717, 1.165) is 34.2 Å². The molecule has 0 spiro atoms. The maximum atomic E-state index is 13.0. The fourth-order valence-electron chi connectivity index (χ4n) is 4.04. The number of ketones is 1. The van der Waals surface area contributed by atoms with Gasteiger partial charge in [-0.1, -0.05) is 12.1 Å². The molecule has 2 unspecified atom stereocenters. The monoisotopic (exact) mass is 369 g/mol. The van der Waals surface area contributed by atoms with Gasteiger partial charge in [0.15, 0.2) is 12.2 Å². The number of benzene rings is 1. The van der Waals surface area contributed by atoms with Crippen molar-refractivity contribution in [2.75, 3.05) is 31.6 Å². The third-order valence-corrected chi connectivity index (χ3v) is 5.41. The third kappa shape index (κ3) is 2.58. The number of nitrogens with zero attached hydrogens (tertiary/aromatic N) is 5. The van der Waals surface area contributed by atoms with Crippen LogP contribution in [0.15, 0.2) is 23.2 Å². The number of aliphatic imine (C=N–C) groups is 1. The van der Waals surface area contributed by atoms with Gasteiger partial charge in [-0.15, -0.1) is 0 Å². The van der Waals surface area contributed by atoms with E-state index in [2.05, 4.69) is 30.0 Å². The zero-order chi connectivity index (χ0) is 19.5. The molecule has 27 heavy (non-hydrogen) atoms. The maximum Gasteiger partial charge on any atom is 0.328 e. The number of anilines is 1. The van der Waals surface area contributed by atoms with Crippen LogP contribution in [0.25, 0.3) is 0 Å². The minimum absolute atomic E-state index is 0.199. The number of aryl methyl sites for hydroxylation is 2. The quantitative estimate of drug-likeness (QED) is 0.794. The molecular formula is C19H23N5O3. The van der Waals surface area contributed by atoms with Crippen molar-refractivity contribution in [3.05, 3.63) is 29.3 Å². The number of hydrogen-bond donors (Lipinski definition) is 0. The van der Waals surface area contributed by atoms with E-state index in [4.69, 9.17) is 4.99 Å². The first kappa shape index (κ1) is 17.5. The molecule has 8 heteroatoms. The van der Waals surface area contributed by atoms with Crippen molar-refractivity contribution in [3.8, 4) is 0 Å². The molecule has 0 radical (unpaired) electrons. The van der Waals surface area contributed by atoms with Gasteiger partial charge in [0.2, 0.25) is 5.96 Å². The average Bonchev–Trinajstić information content (AvgIpc) is 3.18. The molecule has 3 amide bonds. The molecule has 0 saturated carbocycles. The Morgan fingerprint density at radius 1 is 1.22 bits per heavy atom. The minimum Gasteiger partial charge on any atom is -0.325 e. The standard InChI is InChI=1S/C19H23N5O3/c1-11-5-6-12(2)14(9-11)22-7-8-23-15-16(20-18(22)23)21(4)19(27)24(17(15)26)10-13(3)25/h5-6,9,15-16H,7-8,10H2,1-4H3. The summed E-state index contributed by atoms with van der Waals surface area (Å²) >= 11 is 0. The number of rotatable bonds is 3. The van der Waals surface area contributed by atoms with Crippen LogP contribution in [0.4, 0.5) is 10.5 Å². The predicted octanol–water partition coefficient (Wildman–Crippen LogP) is 0.973. The highest BCUT2D eigenvalue weighted by molar-refractivity contribution is 6.09. The molecule has 2 atom stereocenters. The van der Waals surface area contributed by atoms with Crippen LogP contribution in [0.1, 0.15) is 18.1 Å². The summed E-state index contributed by atoms with van der Waals surface area (Å²) in [4.78, 5) is 48.4. The number of carbonyl (C=O) groups is 3. The highest BCUT2D eigenvalue weighted by atomic mass is 16.2. The molecule has 8 nitrogen and oxygen atoms in total. The van der Waals surface area contributed by atoms with Crippen molar-refractivity contribution in [2.24, 2.45) is 4.99 Å². The molecule has 4 rings (SSSR count). The summed E-state index contributed by atoms with van der Waals surface area (Å²) in [6, 6.07) is 5.21. The van der Waals surface area contributed by atoms with Crippen LogP contribution in [0.5, 0.6) is 0 Å². The second-order valence-corrected chi connectivity index (χ2v) is 7.44. The van der Waals surface area contributed by atoms with E-state index < -0.39 is 18.2 Å². The number of carbonyl (C=O) groups excluding carboxylic acids is 3. The fourth-order valence-corrected chi connectivity index (χ4v) is 4.04. The number of likely N-dealkylation sites (N-methyl/N-ethyl adjacent to an activating group) is 1. The Morgan fingerprint density at radius 3 is 2.67 bits per heavy atom. The van der Waals surface area contributed by atoms with E-state index >= 15 is 0 Å². The first-order valence-corrected chi connectivity index (χ1v) is 9.06. The molecule has 3 aliphatic rings. The Morgan fingerprint density at radius 2 is 1.96 bits per heavy atom. The van der Waals surface area contributed by atoms with E-state index in [1.807, 2.05) is 11.8 Å². The molecule has 0 bridgehead atoms. The van der Waals surface area contributed by atoms with E-state index in [-0.39, 0.29) is 18.2 Å². The van der Waals surface area contributed by atoms with Crippen molar-refractivity contribution >= 4 is 29.4 Å². The summed E-state index contributed by atoms with van der Waals surface area (Å²) < 4.78 is 0. The van der Waals surface area contributed by atoms with Gasteiger partial charge in [-0.25, -0.2) is 9.79 Å². The Bertz CT molecular complexity index is 880. The lowest BCUT2D eigenvalue weighted by Crippen LogP contribution is -2.65. The molecule has 3 aliphatic heterocycles. The van der Waals surface area contributed by atoms with Gasteiger partial charge in [0.05, 0.1) is 6.54 Å². The highest BCUT2D eigenvalue weighted by Crippen LogP contribution is 2.34. The second-order valence-electron chi connectivity index (χ2n) is 7.44. The van der Waals surface area contributed by atoms with Crippen molar-refractivity contribution in [1.29, 1.82) is 0 Å². The largest absolute Gasteiger partial charge is 0.328 e. The zero-order valence-electron chi connectivity index (χ0n) is 16.0. The number of fused-ring (bicyclic) bond motifs is 3. The van der Waals surface area contributed by atoms with Crippen molar-refractivity contribution in [3.63, 3.8) is 0 Å². The SMILES string of the molecule is CC(=O)CN1C(=O)C2C(N=C3N(c4cc(C)ccc4C)CCN32)N(C)C1=O. The molecule has 0 N–H and O–H groups in total. The lowest BCUT2D eigenvalue weighted by atomic mass is 10.1. The van der Waals surface area contributed by atoms with E-state index in [1.54, 1.807) is 7.05 Å². The molecule has 3 heterocycles. The Hall–Kier alpha value is -2.90. The first-order chi connectivity index (χ1) is 12.8. The first-order valence-electron chi connectivity index (χ1n) is 9.06. The zero-order valence-corrected chi connectivity index (χ0v) is 16.0.